The first-order chi connectivity index (χ1) is 8.92. The molecule has 3 rings (SSSR count). The standard InChI is InChI=1S/C13H21N3O2/c1-3-10(9-14-7-1)13-15-12(18-16-13)6-5-11-4-2-8-17-11/h10-11,14H,1-9H2. The van der Waals surface area contributed by atoms with Crippen LogP contribution in [0.15, 0.2) is 4.52 Å². The van der Waals surface area contributed by atoms with Gasteiger partial charge in [-0.3, -0.25) is 0 Å². The van der Waals surface area contributed by atoms with Crippen molar-refractivity contribution in [3.05, 3.63) is 11.7 Å². The SMILES string of the molecule is C1COC(CCc2nc(C3CCCNC3)no2)C1. The van der Waals surface area contributed by atoms with Gasteiger partial charge in [0.25, 0.3) is 0 Å². The van der Waals surface area contributed by atoms with Crippen molar-refractivity contribution in [2.45, 2.75) is 50.5 Å². The van der Waals surface area contributed by atoms with Crippen molar-refractivity contribution >= 4 is 0 Å². The van der Waals surface area contributed by atoms with Crippen LogP contribution in [0.4, 0.5) is 0 Å². The molecule has 1 N–H and O–H groups in total. The van der Waals surface area contributed by atoms with Crippen LogP contribution < -0.4 is 5.32 Å². The van der Waals surface area contributed by atoms with Gasteiger partial charge in [0.2, 0.25) is 5.89 Å². The van der Waals surface area contributed by atoms with E-state index in [4.69, 9.17) is 9.26 Å². The van der Waals surface area contributed by atoms with Crippen molar-refractivity contribution in [2.24, 2.45) is 0 Å². The van der Waals surface area contributed by atoms with E-state index in [-0.39, 0.29) is 0 Å². The molecule has 5 heteroatoms. The second-order valence-electron chi connectivity index (χ2n) is 5.26. The van der Waals surface area contributed by atoms with Crippen molar-refractivity contribution in [1.29, 1.82) is 0 Å². The van der Waals surface area contributed by atoms with Crippen LogP contribution in [0.3, 0.4) is 0 Å². The molecule has 2 atom stereocenters. The Morgan fingerprint density at radius 1 is 1.28 bits per heavy atom. The highest BCUT2D eigenvalue weighted by atomic mass is 16.5. The van der Waals surface area contributed by atoms with Crippen LogP contribution in [0.1, 0.15) is 49.7 Å². The minimum absolute atomic E-state index is 0.400. The van der Waals surface area contributed by atoms with Gasteiger partial charge in [0.15, 0.2) is 5.82 Å². The molecule has 2 fully saturated rings. The molecule has 0 aliphatic carbocycles. The molecule has 2 saturated heterocycles. The maximum absolute atomic E-state index is 5.60. The number of hydrogen-bond donors (Lipinski definition) is 1. The smallest absolute Gasteiger partial charge is 0.226 e. The van der Waals surface area contributed by atoms with Gasteiger partial charge in [0.05, 0.1) is 6.10 Å². The van der Waals surface area contributed by atoms with Crippen LogP contribution in [-0.4, -0.2) is 35.9 Å². The Labute approximate surface area is 107 Å². The molecule has 0 amide bonds. The van der Waals surface area contributed by atoms with Gasteiger partial charge in [-0.25, -0.2) is 0 Å². The molecule has 2 unspecified atom stereocenters. The minimum Gasteiger partial charge on any atom is -0.378 e. The summed E-state index contributed by atoms with van der Waals surface area (Å²) < 4.78 is 10.9. The Morgan fingerprint density at radius 2 is 2.28 bits per heavy atom. The van der Waals surface area contributed by atoms with E-state index in [1.54, 1.807) is 0 Å². The van der Waals surface area contributed by atoms with Crippen molar-refractivity contribution in [3.63, 3.8) is 0 Å². The average molecular weight is 251 g/mol. The van der Waals surface area contributed by atoms with E-state index in [0.717, 1.165) is 50.7 Å². The number of aromatic nitrogens is 2. The Morgan fingerprint density at radius 3 is 3.06 bits per heavy atom. The van der Waals surface area contributed by atoms with Crippen molar-refractivity contribution < 1.29 is 9.26 Å². The summed E-state index contributed by atoms with van der Waals surface area (Å²) in [5.74, 6) is 2.08. The maximum Gasteiger partial charge on any atom is 0.226 e. The van der Waals surface area contributed by atoms with Gasteiger partial charge in [0.1, 0.15) is 0 Å². The molecule has 18 heavy (non-hydrogen) atoms. The maximum atomic E-state index is 5.60. The first kappa shape index (κ1) is 12.1. The zero-order valence-corrected chi connectivity index (χ0v) is 10.7. The monoisotopic (exact) mass is 251 g/mol. The van der Waals surface area contributed by atoms with Gasteiger partial charge in [-0.05, 0) is 38.6 Å². The Bertz CT molecular complexity index is 368. The highest BCUT2D eigenvalue weighted by Gasteiger charge is 2.21. The fourth-order valence-corrected chi connectivity index (χ4v) is 2.76. The molecule has 3 heterocycles. The number of nitrogens with one attached hydrogen (secondary N) is 1. The summed E-state index contributed by atoms with van der Waals surface area (Å²) in [4.78, 5) is 4.52. The summed E-state index contributed by atoms with van der Waals surface area (Å²) in [6.07, 6.45) is 6.97. The molecule has 2 aliphatic rings. The van der Waals surface area contributed by atoms with Crippen LogP contribution in [0, 0.1) is 0 Å². The zero-order valence-electron chi connectivity index (χ0n) is 10.7. The lowest BCUT2D eigenvalue weighted by atomic mass is 9.99. The molecule has 5 nitrogen and oxygen atoms in total. The third-order valence-electron chi connectivity index (χ3n) is 3.85. The quantitative estimate of drug-likeness (QED) is 0.881. The summed E-state index contributed by atoms with van der Waals surface area (Å²) in [6.45, 7) is 3.00. The van der Waals surface area contributed by atoms with Gasteiger partial charge < -0.3 is 14.6 Å². The van der Waals surface area contributed by atoms with Gasteiger partial charge in [-0.15, -0.1) is 0 Å². The molecule has 0 spiro atoms. The van der Waals surface area contributed by atoms with E-state index in [1.165, 1.54) is 19.3 Å². The van der Waals surface area contributed by atoms with Gasteiger partial charge in [0, 0.05) is 25.5 Å². The Hall–Kier alpha value is -0.940. The topological polar surface area (TPSA) is 60.2 Å². The van der Waals surface area contributed by atoms with Crippen molar-refractivity contribution in [2.75, 3.05) is 19.7 Å². The normalized spacial score (nSPS) is 28.7. The van der Waals surface area contributed by atoms with Crippen LogP contribution in [0.2, 0.25) is 0 Å². The van der Waals surface area contributed by atoms with E-state index in [2.05, 4.69) is 15.5 Å². The minimum atomic E-state index is 0.400. The Kier molecular flexibility index (Phi) is 3.90. The summed E-state index contributed by atoms with van der Waals surface area (Å²) in [5.41, 5.74) is 0. The summed E-state index contributed by atoms with van der Waals surface area (Å²) >= 11 is 0. The molecule has 0 radical (unpaired) electrons. The van der Waals surface area contributed by atoms with Gasteiger partial charge in [-0.2, -0.15) is 4.98 Å². The van der Waals surface area contributed by atoms with E-state index < -0.39 is 0 Å². The fourth-order valence-electron chi connectivity index (χ4n) is 2.76. The lowest BCUT2D eigenvalue weighted by Gasteiger charge is -2.19. The van der Waals surface area contributed by atoms with E-state index >= 15 is 0 Å². The number of aryl methyl sites for hydroxylation is 1. The van der Waals surface area contributed by atoms with E-state index in [0.29, 0.717) is 12.0 Å². The number of hydrogen-bond acceptors (Lipinski definition) is 5. The van der Waals surface area contributed by atoms with E-state index in [9.17, 15) is 0 Å². The molecular formula is C13H21N3O2. The molecule has 100 valence electrons. The van der Waals surface area contributed by atoms with Crippen LogP contribution in [0.25, 0.3) is 0 Å². The second kappa shape index (κ2) is 5.80. The van der Waals surface area contributed by atoms with Crippen molar-refractivity contribution in [3.8, 4) is 0 Å². The predicted octanol–water partition coefficient (Wildman–Crippen LogP) is 1.65. The second-order valence-corrected chi connectivity index (χ2v) is 5.26. The van der Waals surface area contributed by atoms with Crippen LogP contribution >= 0.6 is 0 Å². The first-order valence-corrected chi connectivity index (χ1v) is 7.06. The average Bonchev–Trinajstić information content (AvgIpc) is 3.09. The summed E-state index contributed by atoms with van der Waals surface area (Å²) in [5, 5.41) is 7.50. The zero-order chi connectivity index (χ0) is 12.2. The number of ether oxygens (including phenoxy) is 1. The highest BCUT2D eigenvalue weighted by molar-refractivity contribution is 4.98. The van der Waals surface area contributed by atoms with Crippen LogP contribution in [0.5, 0.6) is 0 Å². The number of rotatable bonds is 4. The molecule has 1 aromatic rings. The number of piperidine rings is 1. The molecule has 2 aliphatic heterocycles. The molecule has 1 aromatic heterocycles. The molecular weight excluding hydrogens is 230 g/mol. The highest BCUT2D eigenvalue weighted by Crippen LogP contribution is 2.21. The lowest BCUT2D eigenvalue weighted by Crippen LogP contribution is -2.28. The lowest BCUT2D eigenvalue weighted by molar-refractivity contribution is 0.102. The summed E-state index contributed by atoms with van der Waals surface area (Å²) in [6, 6.07) is 0. The largest absolute Gasteiger partial charge is 0.378 e. The molecule has 0 aromatic carbocycles. The molecule has 0 saturated carbocycles. The Balaban J connectivity index is 1.52. The third-order valence-corrected chi connectivity index (χ3v) is 3.85. The van der Waals surface area contributed by atoms with E-state index in [1.807, 2.05) is 0 Å². The van der Waals surface area contributed by atoms with Crippen molar-refractivity contribution in [1.82, 2.24) is 15.5 Å². The van der Waals surface area contributed by atoms with Gasteiger partial charge >= 0.3 is 0 Å². The fraction of sp³-hybridized carbons (Fsp3) is 0.846. The van der Waals surface area contributed by atoms with Gasteiger partial charge in [-0.1, -0.05) is 5.16 Å². The van der Waals surface area contributed by atoms with Crippen LogP contribution in [-0.2, 0) is 11.2 Å². The first-order valence-electron chi connectivity index (χ1n) is 7.06. The predicted molar refractivity (Wildman–Crippen MR) is 66.4 cm³/mol. The third kappa shape index (κ3) is 2.90. The summed E-state index contributed by atoms with van der Waals surface area (Å²) in [7, 11) is 0. The number of nitrogens with zero attached hydrogens (tertiary/aromatic N) is 2. The molecule has 0 bridgehead atoms.